The molecule has 2 aliphatic carbocycles. The fourth-order valence-electron chi connectivity index (χ4n) is 3.77. The molecule has 0 aliphatic heterocycles. The van der Waals surface area contributed by atoms with Crippen molar-refractivity contribution in [3.05, 3.63) is 30.4 Å². The molecule has 6 nitrogen and oxygen atoms in total. The molecule has 4 rings (SSSR count). The largest absolute Gasteiger partial charge is 0.326 e. The molecule has 1 aromatic carbocycles. The monoisotopic (exact) mass is 330 g/mol. The number of nitrogens with zero attached hydrogens (tertiary/aromatic N) is 1. The Morgan fingerprint density at radius 1 is 1.35 bits per heavy atom. The van der Waals surface area contributed by atoms with Crippen LogP contribution in [0.4, 0.5) is 11.6 Å². The maximum atomic E-state index is 12.6. The Morgan fingerprint density at radius 3 is 2.96 bits per heavy atom. The zero-order valence-corrected chi connectivity index (χ0v) is 12.9. The summed E-state index contributed by atoms with van der Waals surface area (Å²) in [4.78, 5) is 33.6. The van der Waals surface area contributed by atoms with Crippen LogP contribution in [0.3, 0.4) is 0 Å². The first-order chi connectivity index (χ1) is 11.2. The summed E-state index contributed by atoms with van der Waals surface area (Å²) in [5.41, 5.74) is 2.19. The third-order valence-corrected chi connectivity index (χ3v) is 5.00. The number of hydrogen-bond acceptors (Lipinski definition) is 4. The van der Waals surface area contributed by atoms with E-state index in [1.807, 2.05) is 0 Å². The van der Waals surface area contributed by atoms with Gasteiger partial charge >= 0.3 is 0 Å². The van der Waals surface area contributed by atoms with Crippen LogP contribution >= 0.6 is 11.8 Å². The molecule has 7 heteroatoms. The Bertz CT molecular complexity index is 816. The molecule has 1 amide bonds. The van der Waals surface area contributed by atoms with Gasteiger partial charge in [-0.3, -0.25) is 9.63 Å². The molecule has 1 fully saturated rings. The molecule has 1 aromatic heterocycles. The van der Waals surface area contributed by atoms with Crippen LogP contribution in [-0.4, -0.2) is 22.2 Å². The van der Waals surface area contributed by atoms with E-state index in [1.165, 1.54) is 0 Å². The second kappa shape index (κ2) is 5.38. The van der Waals surface area contributed by atoms with E-state index in [-0.39, 0.29) is 29.6 Å². The SMILES string of the molecule is O=C[C@H]1C2C=CC(C2)[C@H]1C(=O)Nc1ccc2nc(NCl)[nH]c2c1. The zero-order valence-electron chi connectivity index (χ0n) is 12.1. The summed E-state index contributed by atoms with van der Waals surface area (Å²) < 4.78 is 0. The number of carbonyl (C=O) groups excluding carboxylic acids is 2. The van der Waals surface area contributed by atoms with Crippen LogP contribution in [0.25, 0.3) is 11.0 Å². The highest BCUT2D eigenvalue weighted by atomic mass is 35.5. The molecule has 2 unspecified atom stereocenters. The molecule has 0 radical (unpaired) electrons. The summed E-state index contributed by atoms with van der Waals surface area (Å²) in [7, 11) is 0. The lowest BCUT2D eigenvalue weighted by atomic mass is 9.83. The second-order valence-electron chi connectivity index (χ2n) is 6.09. The van der Waals surface area contributed by atoms with Crippen molar-refractivity contribution in [1.82, 2.24) is 9.97 Å². The van der Waals surface area contributed by atoms with Gasteiger partial charge in [0.05, 0.1) is 17.0 Å². The number of allylic oxidation sites excluding steroid dienone is 2. The Balaban J connectivity index is 1.56. The number of fused-ring (bicyclic) bond motifs is 3. The van der Waals surface area contributed by atoms with Crippen molar-refractivity contribution < 1.29 is 9.59 Å². The van der Waals surface area contributed by atoms with E-state index in [9.17, 15) is 9.59 Å². The van der Waals surface area contributed by atoms with E-state index < -0.39 is 0 Å². The Morgan fingerprint density at radius 2 is 2.17 bits per heavy atom. The quantitative estimate of drug-likeness (QED) is 0.457. The van der Waals surface area contributed by atoms with E-state index in [2.05, 4.69) is 32.3 Å². The third-order valence-electron chi connectivity index (χ3n) is 4.82. The fraction of sp³-hybridized carbons (Fsp3) is 0.312. The number of anilines is 2. The van der Waals surface area contributed by atoms with Gasteiger partial charge in [0.15, 0.2) is 0 Å². The summed E-state index contributed by atoms with van der Waals surface area (Å²) in [5, 5.41) is 2.92. The predicted octanol–water partition coefficient (Wildman–Crippen LogP) is 2.70. The van der Waals surface area contributed by atoms with Crippen molar-refractivity contribution in [3.8, 4) is 0 Å². The summed E-state index contributed by atoms with van der Waals surface area (Å²) in [6, 6.07) is 5.39. The van der Waals surface area contributed by atoms with Crippen molar-refractivity contribution in [2.45, 2.75) is 6.42 Å². The lowest BCUT2D eigenvalue weighted by molar-refractivity contribution is -0.125. The maximum Gasteiger partial charge on any atom is 0.228 e. The van der Waals surface area contributed by atoms with E-state index in [0.717, 1.165) is 23.7 Å². The molecule has 2 aromatic rings. The number of rotatable bonds is 4. The van der Waals surface area contributed by atoms with Crippen molar-refractivity contribution >= 4 is 46.6 Å². The minimum atomic E-state index is -0.278. The van der Waals surface area contributed by atoms with Gasteiger partial charge in [0.2, 0.25) is 11.9 Å². The van der Waals surface area contributed by atoms with Gasteiger partial charge < -0.3 is 15.1 Å². The molecule has 2 aliphatic rings. The minimum absolute atomic E-state index is 0.103. The molecular weight excluding hydrogens is 316 g/mol. The lowest BCUT2D eigenvalue weighted by Gasteiger charge is -2.22. The second-order valence-corrected chi connectivity index (χ2v) is 6.28. The smallest absolute Gasteiger partial charge is 0.228 e. The number of aldehydes is 1. The first-order valence-electron chi connectivity index (χ1n) is 7.50. The van der Waals surface area contributed by atoms with Gasteiger partial charge in [0.1, 0.15) is 6.29 Å². The van der Waals surface area contributed by atoms with E-state index in [4.69, 9.17) is 11.8 Å². The molecule has 4 atom stereocenters. The summed E-state index contributed by atoms with van der Waals surface area (Å²) in [5.74, 6) is 0.227. The van der Waals surface area contributed by atoms with E-state index >= 15 is 0 Å². The number of nitrogens with one attached hydrogen (secondary N) is 3. The number of H-pyrrole nitrogens is 1. The highest BCUT2D eigenvalue weighted by molar-refractivity contribution is 6.23. The third kappa shape index (κ3) is 2.30. The number of hydrogen-bond donors (Lipinski definition) is 3. The fourth-order valence-corrected chi connectivity index (χ4v) is 3.86. The summed E-state index contributed by atoms with van der Waals surface area (Å²) in [6.07, 6.45) is 5.94. The van der Waals surface area contributed by atoms with Crippen LogP contribution in [0.1, 0.15) is 6.42 Å². The van der Waals surface area contributed by atoms with Gasteiger partial charge in [0, 0.05) is 23.4 Å². The van der Waals surface area contributed by atoms with Gasteiger partial charge in [-0.2, -0.15) is 0 Å². The Hall–Kier alpha value is -2.34. The topological polar surface area (TPSA) is 86.9 Å². The number of aromatic amines is 1. The predicted molar refractivity (Wildman–Crippen MR) is 88.0 cm³/mol. The number of amides is 1. The van der Waals surface area contributed by atoms with E-state index in [1.54, 1.807) is 18.2 Å². The molecule has 1 saturated carbocycles. The highest BCUT2D eigenvalue weighted by Gasteiger charge is 2.47. The van der Waals surface area contributed by atoms with Gasteiger partial charge in [-0.25, -0.2) is 4.98 Å². The molecule has 0 spiro atoms. The normalized spacial score (nSPS) is 28.2. The molecule has 118 valence electrons. The van der Waals surface area contributed by atoms with Crippen LogP contribution in [0.5, 0.6) is 0 Å². The number of halogens is 1. The standard InChI is InChI=1S/C16H15ClN4O2/c17-21-16-19-12-4-3-10(6-13(12)20-16)18-15(23)14-9-2-1-8(5-9)11(14)7-22/h1-4,6-9,11,14H,5H2,(H,18,23)(H2,19,20,21)/t8?,9?,11-,14+/m0/s1. The summed E-state index contributed by atoms with van der Waals surface area (Å²) in [6.45, 7) is 0. The number of imidazole rings is 1. The first-order valence-corrected chi connectivity index (χ1v) is 7.88. The van der Waals surface area contributed by atoms with Gasteiger partial charge in [-0.1, -0.05) is 12.2 Å². The number of carbonyl (C=O) groups is 2. The van der Waals surface area contributed by atoms with Crippen LogP contribution in [0.2, 0.25) is 0 Å². The average molecular weight is 331 g/mol. The number of benzene rings is 1. The van der Waals surface area contributed by atoms with E-state index in [0.29, 0.717) is 11.6 Å². The van der Waals surface area contributed by atoms with Crippen molar-refractivity contribution in [2.24, 2.45) is 23.7 Å². The minimum Gasteiger partial charge on any atom is -0.326 e. The van der Waals surface area contributed by atoms with Crippen molar-refractivity contribution in [2.75, 3.05) is 10.2 Å². The Kier molecular flexibility index (Phi) is 3.34. The lowest BCUT2D eigenvalue weighted by Crippen LogP contribution is -2.33. The van der Waals surface area contributed by atoms with Crippen LogP contribution in [-0.2, 0) is 9.59 Å². The van der Waals surface area contributed by atoms with Crippen molar-refractivity contribution in [1.29, 1.82) is 0 Å². The zero-order chi connectivity index (χ0) is 16.0. The van der Waals surface area contributed by atoms with Gasteiger partial charge in [0.25, 0.3) is 0 Å². The molecule has 3 N–H and O–H groups in total. The average Bonchev–Trinajstić information content (AvgIpc) is 3.26. The van der Waals surface area contributed by atoms with Gasteiger partial charge in [-0.15, -0.1) is 0 Å². The number of aromatic nitrogens is 2. The highest BCUT2D eigenvalue weighted by Crippen LogP contribution is 2.47. The first kappa shape index (κ1) is 14.3. The molecule has 2 bridgehead atoms. The Labute approximate surface area is 137 Å². The summed E-state index contributed by atoms with van der Waals surface area (Å²) >= 11 is 5.52. The van der Waals surface area contributed by atoms with Crippen molar-refractivity contribution in [3.63, 3.8) is 0 Å². The van der Waals surface area contributed by atoms with Crippen LogP contribution in [0, 0.1) is 23.7 Å². The molecular formula is C16H15ClN4O2. The van der Waals surface area contributed by atoms with Gasteiger partial charge in [-0.05, 0) is 36.5 Å². The molecule has 23 heavy (non-hydrogen) atoms. The molecule has 0 saturated heterocycles. The molecule has 1 heterocycles. The van der Waals surface area contributed by atoms with Crippen LogP contribution < -0.4 is 10.2 Å². The maximum absolute atomic E-state index is 12.6. The van der Waals surface area contributed by atoms with Crippen LogP contribution in [0.15, 0.2) is 30.4 Å².